The summed E-state index contributed by atoms with van der Waals surface area (Å²) in [5.74, 6) is 1.05. The van der Waals surface area contributed by atoms with E-state index in [1.807, 2.05) is 26.8 Å². The van der Waals surface area contributed by atoms with Gasteiger partial charge in [0.1, 0.15) is 11.4 Å². The number of esters is 1. The molecule has 1 N–H and O–H groups in total. The third kappa shape index (κ3) is 5.03. The monoisotopic (exact) mass is 387 g/mol. The maximum atomic E-state index is 12.2. The highest BCUT2D eigenvalue weighted by Gasteiger charge is 2.27. The van der Waals surface area contributed by atoms with Crippen molar-refractivity contribution in [2.75, 3.05) is 19.7 Å². The Hall–Kier alpha value is -2.57. The molecule has 1 aliphatic heterocycles. The molecule has 7 nitrogen and oxygen atoms in total. The molecule has 1 fully saturated rings. The number of nitrogens with zero attached hydrogens (tertiary/aromatic N) is 2. The zero-order valence-corrected chi connectivity index (χ0v) is 17.1. The number of carbonyl (C=O) groups excluding carboxylic acids is 2. The minimum atomic E-state index is -0.468. The normalized spacial score (nSPS) is 15.6. The van der Waals surface area contributed by atoms with Gasteiger partial charge in [-0.05, 0) is 64.7 Å². The topological polar surface area (TPSA) is 84.5 Å². The number of aromatic nitrogens is 2. The number of imidazole rings is 1. The second kappa shape index (κ2) is 8.20. The molecule has 1 aromatic heterocycles. The standard InChI is InChI=1S/C21H29N3O4/c1-5-27-19(25)15-6-7-16-17(13-15)23-18(22-16)12-14-8-10-24(11-9-14)20(26)28-21(2,3)4/h6-7,13-14H,5,8-12H2,1-4H3,(H,22,23). The van der Waals surface area contributed by atoms with Crippen LogP contribution in [0.25, 0.3) is 11.0 Å². The van der Waals surface area contributed by atoms with Crippen LogP contribution in [0.1, 0.15) is 56.7 Å². The van der Waals surface area contributed by atoms with E-state index in [4.69, 9.17) is 9.47 Å². The average Bonchev–Trinajstić information content (AvgIpc) is 3.02. The van der Waals surface area contributed by atoms with Gasteiger partial charge in [0.05, 0.1) is 23.2 Å². The molecule has 28 heavy (non-hydrogen) atoms. The number of H-pyrrole nitrogens is 1. The van der Waals surface area contributed by atoms with Gasteiger partial charge in [-0.25, -0.2) is 14.6 Å². The van der Waals surface area contributed by atoms with Crippen molar-refractivity contribution < 1.29 is 19.1 Å². The lowest BCUT2D eigenvalue weighted by molar-refractivity contribution is 0.0183. The Morgan fingerprint density at radius 2 is 1.96 bits per heavy atom. The molecule has 0 bridgehead atoms. The fraction of sp³-hybridized carbons (Fsp3) is 0.571. The van der Waals surface area contributed by atoms with Crippen molar-refractivity contribution in [1.29, 1.82) is 0 Å². The molecule has 7 heteroatoms. The number of amides is 1. The lowest BCUT2D eigenvalue weighted by Gasteiger charge is -2.33. The molecule has 1 aliphatic rings. The second-order valence-electron chi connectivity index (χ2n) is 8.25. The smallest absolute Gasteiger partial charge is 0.410 e. The number of hydrogen-bond donors (Lipinski definition) is 1. The fourth-order valence-corrected chi connectivity index (χ4v) is 3.42. The van der Waals surface area contributed by atoms with E-state index in [1.165, 1.54) is 0 Å². The molecular formula is C21H29N3O4. The summed E-state index contributed by atoms with van der Waals surface area (Å²) in [5, 5.41) is 0. The molecule has 0 saturated carbocycles. The molecule has 1 saturated heterocycles. The van der Waals surface area contributed by atoms with Crippen molar-refractivity contribution in [3.8, 4) is 0 Å². The highest BCUT2D eigenvalue weighted by atomic mass is 16.6. The number of likely N-dealkylation sites (tertiary alicyclic amines) is 1. The molecule has 152 valence electrons. The Bertz CT molecular complexity index is 845. The Kier molecular flexibility index (Phi) is 5.91. The van der Waals surface area contributed by atoms with Gasteiger partial charge in [0, 0.05) is 19.5 Å². The largest absolute Gasteiger partial charge is 0.462 e. The van der Waals surface area contributed by atoms with E-state index >= 15 is 0 Å². The van der Waals surface area contributed by atoms with Crippen LogP contribution in [-0.2, 0) is 15.9 Å². The maximum Gasteiger partial charge on any atom is 0.410 e. The van der Waals surface area contributed by atoms with Crippen molar-refractivity contribution in [3.63, 3.8) is 0 Å². The molecule has 2 heterocycles. The molecular weight excluding hydrogens is 358 g/mol. The summed E-state index contributed by atoms with van der Waals surface area (Å²) < 4.78 is 10.5. The van der Waals surface area contributed by atoms with Crippen molar-refractivity contribution in [1.82, 2.24) is 14.9 Å². The van der Waals surface area contributed by atoms with Crippen LogP contribution >= 0.6 is 0 Å². The van der Waals surface area contributed by atoms with E-state index in [9.17, 15) is 9.59 Å². The Labute approximate surface area is 165 Å². The number of fused-ring (bicyclic) bond motifs is 1. The SMILES string of the molecule is CCOC(=O)c1ccc2nc(CC3CCN(C(=O)OC(C)(C)C)CC3)[nH]c2c1. The number of carbonyl (C=O) groups is 2. The first-order chi connectivity index (χ1) is 13.2. The highest BCUT2D eigenvalue weighted by molar-refractivity contribution is 5.93. The van der Waals surface area contributed by atoms with Crippen LogP contribution in [0.2, 0.25) is 0 Å². The van der Waals surface area contributed by atoms with Crippen LogP contribution in [0.5, 0.6) is 0 Å². The molecule has 1 amide bonds. The number of ether oxygens (including phenoxy) is 2. The highest BCUT2D eigenvalue weighted by Crippen LogP contribution is 2.24. The summed E-state index contributed by atoms with van der Waals surface area (Å²) in [6.07, 6.45) is 2.43. The summed E-state index contributed by atoms with van der Waals surface area (Å²) in [5.41, 5.74) is 1.74. The first-order valence-electron chi connectivity index (χ1n) is 9.89. The molecule has 0 spiro atoms. The Balaban J connectivity index is 1.58. The van der Waals surface area contributed by atoms with Gasteiger partial charge in [0.2, 0.25) is 0 Å². The van der Waals surface area contributed by atoms with E-state index in [1.54, 1.807) is 24.0 Å². The fourth-order valence-electron chi connectivity index (χ4n) is 3.42. The van der Waals surface area contributed by atoms with Gasteiger partial charge in [-0.3, -0.25) is 0 Å². The number of piperidine rings is 1. The van der Waals surface area contributed by atoms with Crippen LogP contribution < -0.4 is 0 Å². The van der Waals surface area contributed by atoms with Gasteiger partial charge >= 0.3 is 12.1 Å². The van der Waals surface area contributed by atoms with Crippen LogP contribution in [-0.4, -0.2) is 52.2 Å². The van der Waals surface area contributed by atoms with E-state index in [2.05, 4.69) is 9.97 Å². The van der Waals surface area contributed by atoms with Gasteiger partial charge in [0.15, 0.2) is 0 Å². The third-order valence-electron chi connectivity index (χ3n) is 4.79. The maximum absolute atomic E-state index is 12.2. The third-order valence-corrected chi connectivity index (χ3v) is 4.79. The molecule has 3 rings (SSSR count). The zero-order valence-electron chi connectivity index (χ0n) is 17.1. The molecule has 2 aromatic rings. The first-order valence-corrected chi connectivity index (χ1v) is 9.89. The van der Waals surface area contributed by atoms with Crippen molar-refractivity contribution >= 4 is 23.1 Å². The van der Waals surface area contributed by atoms with Crippen molar-refractivity contribution in [2.45, 2.75) is 52.6 Å². The van der Waals surface area contributed by atoms with Gasteiger partial charge in [0.25, 0.3) is 0 Å². The number of nitrogens with one attached hydrogen (secondary N) is 1. The number of rotatable bonds is 4. The van der Waals surface area contributed by atoms with Crippen LogP contribution in [0.4, 0.5) is 4.79 Å². The first kappa shape index (κ1) is 20.2. The minimum Gasteiger partial charge on any atom is -0.462 e. The summed E-state index contributed by atoms with van der Waals surface area (Å²) >= 11 is 0. The predicted molar refractivity (Wildman–Crippen MR) is 106 cm³/mol. The minimum absolute atomic E-state index is 0.235. The van der Waals surface area contributed by atoms with Crippen LogP contribution in [0.3, 0.4) is 0 Å². The summed E-state index contributed by atoms with van der Waals surface area (Å²) in [6.45, 7) is 9.19. The van der Waals surface area contributed by atoms with Gasteiger partial charge in [-0.1, -0.05) is 0 Å². The van der Waals surface area contributed by atoms with Crippen LogP contribution in [0.15, 0.2) is 18.2 Å². The number of benzene rings is 1. The Morgan fingerprint density at radius 1 is 1.25 bits per heavy atom. The van der Waals surface area contributed by atoms with E-state index in [0.717, 1.165) is 36.1 Å². The second-order valence-corrected chi connectivity index (χ2v) is 8.25. The van der Waals surface area contributed by atoms with Gasteiger partial charge in [-0.15, -0.1) is 0 Å². The van der Waals surface area contributed by atoms with E-state index in [-0.39, 0.29) is 12.1 Å². The molecule has 0 unspecified atom stereocenters. The quantitative estimate of drug-likeness (QED) is 0.804. The summed E-state index contributed by atoms with van der Waals surface area (Å²) in [7, 11) is 0. The van der Waals surface area contributed by atoms with E-state index < -0.39 is 5.60 Å². The number of aromatic amines is 1. The van der Waals surface area contributed by atoms with E-state index in [0.29, 0.717) is 31.2 Å². The average molecular weight is 387 g/mol. The van der Waals surface area contributed by atoms with Gasteiger partial charge in [-0.2, -0.15) is 0 Å². The van der Waals surface area contributed by atoms with Gasteiger partial charge < -0.3 is 19.4 Å². The molecule has 0 atom stereocenters. The lowest BCUT2D eigenvalue weighted by atomic mass is 9.93. The summed E-state index contributed by atoms with van der Waals surface area (Å²) in [4.78, 5) is 33.8. The van der Waals surface area contributed by atoms with Crippen molar-refractivity contribution in [2.24, 2.45) is 5.92 Å². The predicted octanol–water partition coefficient (Wildman–Crippen LogP) is 3.93. The summed E-state index contributed by atoms with van der Waals surface area (Å²) in [6, 6.07) is 5.37. The Morgan fingerprint density at radius 3 is 2.61 bits per heavy atom. The lowest BCUT2D eigenvalue weighted by Crippen LogP contribution is -2.42. The molecule has 0 aliphatic carbocycles. The zero-order chi connectivity index (χ0) is 20.3. The molecule has 0 radical (unpaired) electrons. The number of hydrogen-bond acceptors (Lipinski definition) is 5. The van der Waals surface area contributed by atoms with Crippen LogP contribution in [0, 0.1) is 5.92 Å². The molecule has 1 aromatic carbocycles. The van der Waals surface area contributed by atoms with Crippen molar-refractivity contribution in [3.05, 3.63) is 29.6 Å².